The smallest absolute Gasteiger partial charge is 0.297 e. The third kappa shape index (κ3) is 3.09. The molecule has 1 unspecified atom stereocenters. The molecule has 2 aliphatic rings. The Morgan fingerprint density at radius 2 is 1.65 bits per heavy atom. The van der Waals surface area contributed by atoms with Gasteiger partial charge < -0.3 is 9.32 Å². The standard InChI is InChI=1S/C31H21N3O5S/c1-17-27(18(2)35)40-30(32-17)34-28(37)26-24(25(36)20-12-6-9-15-23(20)39-26)31(34)21-13-7-8-14-22(21)33(29(31)38)16-19-10-4-3-5-11-19/h3-15H,16H2,1-2H3. The molecule has 0 aliphatic carbocycles. The summed E-state index contributed by atoms with van der Waals surface area (Å²) in [5.41, 5.74) is 0.262. The number of carbonyl (C=O) groups excluding carboxylic acids is 3. The number of Topliss-reactive ketones (excluding diaryl/α,β-unsaturated/α-hetero) is 1. The number of amides is 2. The Balaban J connectivity index is 1.57. The fourth-order valence-electron chi connectivity index (χ4n) is 5.84. The fourth-order valence-corrected chi connectivity index (χ4v) is 6.85. The third-order valence-corrected chi connectivity index (χ3v) is 8.75. The molecule has 8 nitrogen and oxygen atoms in total. The van der Waals surface area contributed by atoms with Gasteiger partial charge in [-0.1, -0.05) is 72.0 Å². The highest BCUT2D eigenvalue weighted by atomic mass is 32.1. The number of ketones is 1. The minimum atomic E-state index is -1.86. The number of rotatable bonds is 4. The summed E-state index contributed by atoms with van der Waals surface area (Å²) in [5.74, 6) is -1.54. The van der Waals surface area contributed by atoms with Crippen LogP contribution in [-0.2, 0) is 16.9 Å². The van der Waals surface area contributed by atoms with Crippen LogP contribution < -0.4 is 15.2 Å². The predicted octanol–water partition coefficient (Wildman–Crippen LogP) is 5.21. The molecule has 40 heavy (non-hydrogen) atoms. The molecule has 1 atom stereocenters. The average Bonchev–Trinajstić information content (AvgIpc) is 3.55. The predicted molar refractivity (Wildman–Crippen MR) is 151 cm³/mol. The molecule has 0 N–H and O–H groups in total. The van der Waals surface area contributed by atoms with Crippen molar-refractivity contribution in [3.63, 3.8) is 0 Å². The van der Waals surface area contributed by atoms with Crippen LogP contribution in [0.2, 0.25) is 0 Å². The van der Waals surface area contributed by atoms with E-state index in [9.17, 15) is 19.2 Å². The molecule has 0 fully saturated rings. The SMILES string of the molecule is CC(=O)c1sc(N2C(=O)c3oc4ccccc4c(=O)c3C23C(=O)N(Cc2ccccc2)c2ccccc23)nc1C. The number of carbonyl (C=O) groups is 3. The number of aromatic nitrogens is 1. The monoisotopic (exact) mass is 547 g/mol. The van der Waals surface area contributed by atoms with Crippen LogP contribution in [0.4, 0.5) is 10.8 Å². The number of aryl methyl sites for hydroxylation is 1. The molecule has 5 aromatic rings. The lowest BCUT2D eigenvalue weighted by Crippen LogP contribution is -2.53. The van der Waals surface area contributed by atoms with Crippen LogP contribution >= 0.6 is 11.3 Å². The maximum absolute atomic E-state index is 14.9. The maximum Gasteiger partial charge on any atom is 0.297 e. The van der Waals surface area contributed by atoms with E-state index in [-0.39, 0.29) is 39.8 Å². The molecule has 9 heteroatoms. The van der Waals surface area contributed by atoms with Crippen LogP contribution in [0.5, 0.6) is 0 Å². The number of hydrogen-bond donors (Lipinski definition) is 0. The molecular weight excluding hydrogens is 526 g/mol. The highest BCUT2D eigenvalue weighted by molar-refractivity contribution is 7.17. The van der Waals surface area contributed by atoms with Crippen LogP contribution in [0.1, 0.15) is 49.5 Å². The van der Waals surface area contributed by atoms with Crippen molar-refractivity contribution in [2.75, 3.05) is 9.80 Å². The van der Waals surface area contributed by atoms with E-state index >= 15 is 0 Å². The van der Waals surface area contributed by atoms with Gasteiger partial charge in [-0.3, -0.25) is 24.1 Å². The van der Waals surface area contributed by atoms with Crippen LogP contribution in [0.3, 0.4) is 0 Å². The number of thiazole rings is 1. The first-order chi connectivity index (χ1) is 19.3. The lowest BCUT2D eigenvalue weighted by Gasteiger charge is -2.32. The van der Waals surface area contributed by atoms with Gasteiger partial charge in [0.05, 0.1) is 33.8 Å². The van der Waals surface area contributed by atoms with Crippen molar-refractivity contribution in [2.24, 2.45) is 0 Å². The second-order valence-electron chi connectivity index (χ2n) is 9.84. The number of anilines is 2. The Morgan fingerprint density at radius 3 is 2.40 bits per heavy atom. The average molecular weight is 548 g/mol. The third-order valence-electron chi connectivity index (χ3n) is 7.51. The summed E-state index contributed by atoms with van der Waals surface area (Å²) >= 11 is 1.02. The van der Waals surface area contributed by atoms with E-state index in [1.807, 2.05) is 42.5 Å². The molecular formula is C31H21N3O5S. The van der Waals surface area contributed by atoms with Crippen LogP contribution in [0.15, 0.2) is 88.1 Å². The number of benzene rings is 3. The first kappa shape index (κ1) is 24.2. The van der Waals surface area contributed by atoms with Crippen molar-refractivity contribution in [2.45, 2.75) is 25.9 Å². The number of nitrogens with zero attached hydrogens (tertiary/aromatic N) is 3. The second-order valence-corrected chi connectivity index (χ2v) is 10.8. The van der Waals surface area contributed by atoms with Crippen molar-refractivity contribution in [1.82, 2.24) is 4.98 Å². The summed E-state index contributed by atoms with van der Waals surface area (Å²) in [4.78, 5) is 63.5. The van der Waals surface area contributed by atoms with E-state index < -0.39 is 22.8 Å². The summed E-state index contributed by atoms with van der Waals surface area (Å²) in [5, 5.41) is 0.411. The van der Waals surface area contributed by atoms with Crippen LogP contribution in [0, 0.1) is 6.92 Å². The van der Waals surface area contributed by atoms with E-state index in [0.29, 0.717) is 21.8 Å². The number of hydrogen-bond acceptors (Lipinski definition) is 7. The zero-order valence-electron chi connectivity index (χ0n) is 21.5. The Labute approximate surface area is 232 Å². The molecule has 0 bridgehead atoms. The molecule has 2 aromatic heterocycles. The topological polar surface area (TPSA) is 101 Å². The van der Waals surface area contributed by atoms with Crippen molar-refractivity contribution < 1.29 is 18.8 Å². The first-order valence-corrected chi connectivity index (χ1v) is 13.5. The molecule has 3 aromatic carbocycles. The Bertz CT molecular complexity index is 1960. The van der Waals surface area contributed by atoms with E-state index in [4.69, 9.17) is 4.42 Å². The Hall–Kier alpha value is -4.89. The summed E-state index contributed by atoms with van der Waals surface area (Å²) in [7, 11) is 0. The van der Waals surface area contributed by atoms with Crippen LogP contribution in [-0.4, -0.2) is 22.6 Å². The lowest BCUT2D eigenvalue weighted by atomic mass is 9.84. The molecule has 7 rings (SSSR count). The molecule has 1 spiro atoms. The summed E-state index contributed by atoms with van der Waals surface area (Å²) in [6.07, 6.45) is 0. The normalized spacial score (nSPS) is 17.6. The maximum atomic E-state index is 14.9. The molecule has 2 aliphatic heterocycles. The lowest BCUT2D eigenvalue weighted by molar-refractivity contribution is -0.121. The Morgan fingerprint density at radius 1 is 0.950 bits per heavy atom. The van der Waals surface area contributed by atoms with Gasteiger partial charge in [-0.15, -0.1) is 0 Å². The molecule has 0 radical (unpaired) electrons. The van der Waals surface area contributed by atoms with Gasteiger partial charge in [0, 0.05) is 12.5 Å². The quantitative estimate of drug-likeness (QED) is 0.286. The van der Waals surface area contributed by atoms with E-state index in [1.54, 1.807) is 48.2 Å². The largest absolute Gasteiger partial charge is 0.450 e. The fraction of sp³-hybridized carbons (Fsp3) is 0.129. The van der Waals surface area contributed by atoms with Crippen molar-refractivity contribution in [1.29, 1.82) is 0 Å². The minimum Gasteiger partial charge on any atom is -0.450 e. The second kappa shape index (κ2) is 8.56. The number of para-hydroxylation sites is 2. The van der Waals surface area contributed by atoms with Gasteiger partial charge in [-0.25, -0.2) is 4.98 Å². The van der Waals surface area contributed by atoms with Crippen molar-refractivity contribution >= 4 is 50.7 Å². The van der Waals surface area contributed by atoms with Gasteiger partial charge in [0.2, 0.25) is 5.76 Å². The molecule has 0 saturated carbocycles. The highest BCUT2D eigenvalue weighted by Crippen LogP contribution is 2.55. The van der Waals surface area contributed by atoms with Gasteiger partial charge in [-0.05, 0) is 30.7 Å². The Kier molecular flexibility index (Phi) is 5.17. The number of fused-ring (bicyclic) bond motifs is 5. The van der Waals surface area contributed by atoms with Gasteiger partial charge >= 0.3 is 0 Å². The van der Waals surface area contributed by atoms with E-state index in [1.165, 1.54) is 11.8 Å². The summed E-state index contributed by atoms with van der Waals surface area (Å²) < 4.78 is 6.09. The van der Waals surface area contributed by atoms with E-state index in [0.717, 1.165) is 16.9 Å². The minimum absolute atomic E-state index is 0.0403. The molecule has 2 amide bonds. The molecule has 0 saturated heterocycles. The molecule has 196 valence electrons. The zero-order valence-corrected chi connectivity index (χ0v) is 22.3. The van der Waals surface area contributed by atoms with E-state index in [2.05, 4.69) is 4.98 Å². The summed E-state index contributed by atoms with van der Waals surface area (Å²) in [6.45, 7) is 3.33. The highest BCUT2D eigenvalue weighted by Gasteiger charge is 2.66. The van der Waals surface area contributed by atoms with Crippen LogP contribution in [0.25, 0.3) is 11.0 Å². The summed E-state index contributed by atoms with van der Waals surface area (Å²) in [6, 6.07) is 23.3. The van der Waals surface area contributed by atoms with Crippen molar-refractivity contribution in [3.05, 3.63) is 122 Å². The van der Waals surface area contributed by atoms with Gasteiger partial charge in [0.1, 0.15) is 5.58 Å². The van der Waals surface area contributed by atoms with Gasteiger partial charge in [0.25, 0.3) is 11.8 Å². The first-order valence-electron chi connectivity index (χ1n) is 12.7. The molecule has 4 heterocycles. The van der Waals surface area contributed by atoms with Gasteiger partial charge in [0.15, 0.2) is 21.9 Å². The zero-order chi connectivity index (χ0) is 27.8. The van der Waals surface area contributed by atoms with Crippen molar-refractivity contribution in [3.8, 4) is 0 Å². The van der Waals surface area contributed by atoms with Gasteiger partial charge in [-0.2, -0.15) is 0 Å².